The van der Waals surface area contributed by atoms with Crippen molar-refractivity contribution >= 4 is 38.0 Å². The van der Waals surface area contributed by atoms with Gasteiger partial charge in [0.1, 0.15) is 5.75 Å². The maximum atomic E-state index is 13.4. The second-order valence-corrected chi connectivity index (χ2v) is 10.3. The van der Waals surface area contributed by atoms with Gasteiger partial charge in [-0.1, -0.05) is 23.8 Å². The van der Waals surface area contributed by atoms with Crippen LogP contribution in [0.4, 0.5) is 11.4 Å². The number of nitrogens with one attached hydrogen (secondary N) is 1. The Morgan fingerprint density at radius 3 is 2.56 bits per heavy atom. The van der Waals surface area contributed by atoms with Gasteiger partial charge in [0.05, 0.1) is 33.2 Å². The summed E-state index contributed by atoms with van der Waals surface area (Å²) >= 11 is 0. The molecule has 0 saturated heterocycles. The second kappa shape index (κ2) is 8.14. The van der Waals surface area contributed by atoms with E-state index < -0.39 is 15.7 Å². The Kier molecular flexibility index (Phi) is 5.25. The summed E-state index contributed by atoms with van der Waals surface area (Å²) in [5, 5.41) is 3.83. The zero-order valence-corrected chi connectivity index (χ0v) is 19.6. The van der Waals surface area contributed by atoms with Crippen molar-refractivity contribution in [1.29, 1.82) is 0 Å². The summed E-state index contributed by atoms with van der Waals surface area (Å²) in [7, 11) is -3.79. The molecule has 0 fully saturated rings. The number of primary amides is 1. The van der Waals surface area contributed by atoms with Crippen LogP contribution in [0.5, 0.6) is 5.75 Å². The molecule has 3 aromatic carbocycles. The molecule has 1 aliphatic heterocycles. The van der Waals surface area contributed by atoms with Gasteiger partial charge in [-0.05, 0) is 55.8 Å². The van der Waals surface area contributed by atoms with Gasteiger partial charge in [-0.3, -0.25) is 9.78 Å². The normalized spacial score (nSPS) is 12.9. The van der Waals surface area contributed by atoms with Crippen LogP contribution in [-0.4, -0.2) is 25.9 Å². The van der Waals surface area contributed by atoms with Crippen LogP contribution in [0, 0.1) is 13.8 Å². The Balaban J connectivity index is 1.73. The first-order chi connectivity index (χ1) is 16.3. The van der Waals surface area contributed by atoms with E-state index in [4.69, 9.17) is 10.5 Å². The van der Waals surface area contributed by atoms with Gasteiger partial charge in [-0.15, -0.1) is 0 Å². The summed E-state index contributed by atoms with van der Waals surface area (Å²) in [4.78, 5) is 17.1. The molecule has 7 nitrogen and oxygen atoms in total. The number of sulfone groups is 1. The summed E-state index contributed by atoms with van der Waals surface area (Å²) < 4.78 is 32.5. The largest absolute Gasteiger partial charge is 0.493 e. The zero-order chi connectivity index (χ0) is 24.0. The SMILES string of the molecule is Cc1ccc(S(=O)(=O)c2cc(C)c3ncc(C(N)=O)c(Nc4cccc5c4CCO5)c3c2)cc1. The molecule has 0 radical (unpaired) electrons. The number of fused-ring (bicyclic) bond motifs is 2. The Labute approximate surface area is 197 Å². The number of rotatable bonds is 5. The lowest BCUT2D eigenvalue weighted by Gasteiger charge is -2.17. The van der Waals surface area contributed by atoms with Crippen molar-refractivity contribution in [3.63, 3.8) is 0 Å². The van der Waals surface area contributed by atoms with Crippen LogP contribution < -0.4 is 15.8 Å². The zero-order valence-electron chi connectivity index (χ0n) is 18.8. The molecule has 0 saturated carbocycles. The fourth-order valence-electron chi connectivity index (χ4n) is 4.25. The van der Waals surface area contributed by atoms with Crippen molar-refractivity contribution < 1.29 is 17.9 Å². The lowest BCUT2D eigenvalue weighted by Crippen LogP contribution is -2.15. The number of nitrogens with zero attached hydrogens (tertiary/aromatic N) is 1. The topological polar surface area (TPSA) is 111 Å². The molecule has 0 unspecified atom stereocenters. The highest BCUT2D eigenvalue weighted by atomic mass is 32.2. The predicted octanol–water partition coefficient (Wildman–Crippen LogP) is 4.46. The molecule has 4 aromatic rings. The minimum absolute atomic E-state index is 0.120. The molecule has 172 valence electrons. The fraction of sp³-hybridized carbons (Fsp3) is 0.154. The number of carbonyl (C=O) groups excluding carboxylic acids is 1. The number of hydrogen-bond acceptors (Lipinski definition) is 6. The number of amides is 1. The molecule has 5 rings (SSSR count). The van der Waals surface area contributed by atoms with E-state index in [0.717, 1.165) is 29.0 Å². The number of pyridine rings is 1. The number of ether oxygens (including phenoxy) is 1. The highest BCUT2D eigenvalue weighted by Crippen LogP contribution is 2.38. The first-order valence-corrected chi connectivity index (χ1v) is 12.3. The molecule has 0 aliphatic carbocycles. The summed E-state index contributed by atoms with van der Waals surface area (Å²) in [6.45, 7) is 4.27. The summed E-state index contributed by atoms with van der Waals surface area (Å²) in [6, 6.07) is 15.5. The van der Waals surface area contributed by atoms with Crippen LogP contribution in [0.25, 0.3) is 10.9 Å². The summed E-state index contributed by atoms with van der Waals surface area (Å²) in [5.74, 6) is 0.118. The number of hydrogen-bond donors (Lipinski definition) is 2. The van der Waals surface area contributed by atoms with Crippen LogP contribution in [0.3, 0.4) is 0 Å². The standard InChI is InChI=1S/C26H23N3O4S/c1-15-6-8-17(9-7-15)34(31,32)18-12-16(2)24-20(13-18)25(21(14-28-24)26(27)30)29-22-4-3-5-23-19(22)10-11-33-23/h3-9,12-14H,10-11H2,1-2H3,(H2,27,30)(H,28,29). The van der Waals surface area contributed by atoms with E-state index in [-0.39, 0.29) is 15.4 Å². The van der Waals surface area contributed by atoms with E-state index in [1.807, 2.05) is 25.1 Å². The van der Waals surface area contributed by atoms with Crippen molar-refractivity contribution in [2.75, 3.05) is 11.9 Å². The van der Waals surface area contributed by atoms with Crippen molar-refractivity contribution in [3.8, 4) is 5.75 Å². The molecule has 0 spiro atoms. The van der Waals surface area contributed by atoms with E-state index in [1.54, 1.807) is 43.3 Å². The molecule has 1 amide bonds. The van der Waals surface area contributed by atoms with E-state index in [1.165, 1.54) is 6.20 Å². The third kappa shape index (κ3) is 3.66. The molecule has 1 aliphatic rings. The molecule has 1 aromatic heterocycles. The van der Waals surface area contributed by atoms with Crippen molar-refractivity contribution in [1.82, 2.24) is 4.98 Å². The van der Waals surface area contributed by atoms with Crippen LogP contribution >= 0.6 is 0 Å². The average Bonchev–Trinajstić information content (AvgIpc) is 3.29. The number of benzene rings is 3. The molecule has 3 N–H and O–H groups in total. The van der Waals surface area contributed by atoms with Crippen molar-refractivity contribution in [2.24, 2.45) is 5.73 Å². The van der Waals surface area contributed by atoms with Gasteiger partial charge >= 0.3 is 0 Å². The van der Waals surface area contributed by atoms with Crippen LogP contribution in [0.1, 0.15) is 27.0 Å². The van der Waals surface area contributed by atoms with E-state index in [9.17, 15) is 13.2 Å². The van der Waals surface area contributed by atoms with Crippen molar-refractivity contribution in [2.45, 2.75) is 30.1 Å². The maximum Gasteiger partial charge on any atom is 0.252 e. The first kappa shape index (κ1) is 21.9. The van der Waals surface area contributed by atoms with Gasteiger partial charge in [0.25, 0.3) is 5.91 Å². The lowest BCUT2D eigenvalue weighted by molar-refractivity contribution is 0.100. The van der Waals surface area contributed by atoms with E-state index in [2.05, 4.69) is 10.3 Å². The average molecular weight is 474 g/mol. The number of aromatic nitrogens is 1. The molecule has 8 heteroatoms. The third-order valence-electron chi connectivity index (χ3n) is 6.04. The Bertz CT molecular complexity index is 1560. The van der Waals surface area contributed by atoms with Gasteiger partial charge < -0.3 is 15.8 Å². The number of anilines is 2. The predicted molar refractivity (Wildman–Crippen MR) is 131 cm³/mol. The molecule has 0 atom stereocenters. The first-order valence-electron chi connectivity index (χ1n) is 10.8. The highest BCUT2D eigenvalue weighted by Gasteiger charge is 2.23. The quantitative estimate of drug-likeness (QED) is 0.443. The maximum absolute atomic E-state index is 13.4. The van der Waals surface area contributed by atoms with Gasteiger partial charge in [0, 0.05) is 29.3 Å². The Morgan fingerprint density at radius 1 is 1.06 bits per heavy atom. The van der Waals surface area contributed by atoms with E-state index in [0.29, 0.717) is 28.8 Å². The third-order valence-corrected chi connectivity index (χ3v) is 7.79. The lowest BCUT2D eigenvalue weighted by atomic mass is 10.0. The minimum Gasteiger partial charge on any atom is -0.493 e. The smallest absolute Gasteiger partial charge is 0.252 e. The summed E-state index contributed by atoms with van der Waals surface area (Å²) in [6.07, 6.45) is 2.15. The molecule has 34 heavy (non-hydrogen) atoms. The van der Waals surface area contributed by atoms with Gasteiger partial charge in [-0.25, -0.2) is 8.42 Å². The molecule has 0 bridgehead atoms. The second-order valence-electron chi connectivity index (χ2n) is 8.37. The monoisotopic (exact) mass is 473 g/mol. The molecule has 2 heterocycles. The molecular weight excluding hydrogens is 450 g/mol. The van der Waals surface area contributed by atoms with Crippen LogP contribution in [0.2, 0.25) is 0 Å². The Morgan fingerprint density at radius 2 is 1.82 bits per heavy atom. The van der Waals surface area contributed by atoms with Crippen LogP contribution in [-0.2, 0) is 16.3 Å². The van der Waals surface area contributed by atoms with Gasteiger partial charge in [-0.2, -0.15) is 0 Å². The number of aryl methyl sites for hydroxylation is 2. The molecular formula is C26H23N3O4S. The fourth-order valence-corrected chi connectivity index (χ4v) is 5.62. The van der Waals surface area contributed by atoms with Gasteiger partial charge in [0.15, 0.2) is 0 Å². The highest BCUT2D eigenvalue weighted by molar-refractivity contribution is 7.91. The van der Waals surface area contributed by atoms with Crippen molar-refractivity contribution in [3.05, 3.63) is 83.0 Å². The summed E-state index contributed by atoms with van der Waals surface area (Å²) in [5.41, 5.74) is 10.3. The minimum atomic E-state index is -3.79. The Hall–Kier alpha value is -3.91. The van der Waals surface area contributed by atoms with Gasteiger partial charge in [0.2, 0.25) is 9.84 Å². The van der Waals surface area contributed by atoms with E-state index >= 15 is 0 Å². The number of nitrogens with two attached hydrogens (primary N) is 1. The number of carbonyl (C=O) groups is 1. The van der Waals surface area contributed by atoms with Crippen LogP contribution in [0.15, 0.2) is 70.6 Å².